The van der Waals surface area contributed by atoms with Crippen molar-refractivity contribution in [1.82, 2.24) is 10.0 Å². The molecular formula is C13H19N3O2S. The lowest BCUT2D eigenvalue weighted by atomic mass is 9.75. The molecule has 2 heterocycles. The summed E-state index contributed by atoms with van der Waals surface area (Å²) in [6, 6.07) is 7.88. The number of anilines is 1. The molecular weight excluding hydrogens is 262 g/mol. The monoisotopic (exact) mass is 281 g/mol. The molecule has 1 aromatic rings. The fraction of sp³-hybridized carbons (Fsp3) is 0.538. The van der Waals surface area contributed by atoms with Crippen LogP contribution in [0.25, 0.3) is 0 Å². The predicted molar refractivity (Wildman–Crippen MR) is 75.5 cm³/mol. The van der Waals surface area contributed by atoms with Gasteiger partial charge in [0.25, 0.3) is 0 Å². The largest absolute Gasteiger partial charge is 0.317 e. The van der Waals surface area contributed by atoms with Crippen LogP contribution in [0.15, 0.2) is 24.3 Å². The van der Waals surface area contributed by atoms with Crippen LogP contribution in [-0.4, -0.2) is 35.1 Å². The van der Waals surface area contributed by atoms with Crippen molar-refractivity contribution in [1.29, 1.82) is 0 Å². The number of hydrogen-bond donors (Lipinski definition) is 2. The van der Waals surface area contributed by atoms with Gasteiger partial charge in [-0.2, -0.15) is 8.42 Å². The zero-order valence-corrected chi connectivity index (χ0v) is 11.8. The molecule has 6 heteroatoms. The second-order valence-corrected chi connectivity index (χ2v) is 7.06. The maximum atomic E-state index is 12.2. The van der Waals surface area contributed by atoms with Crippen molar-refractivity contribution in [2.75, 3.05) is 31.0 Å². The molecule has 104 valence electrons. The van der Waals surface area contributed by atoms with Gasteiger partial charge in [0.2, 0.25) is 0 Å². The molecule has 0 atom stereocenters. The number of benzene rings is 1. The Labute approximate surface area is 114 Å². The van der Waals surface area contributed by atoms with Gasteiger partial charge in [0.05, 0.1) is 5.69 Å². The van der Waals surface area contributed by atoms with Crippen molar-refractivity contribution in [3.05, 3.63) is 29.8 Å². The summed E-state index contributed by atoms with van der Waals surface area (Å²) in [5, 5.41) is 3.35. The number of rotatable bonds is 2. The number of fused-ring (bicyclic) bond motifs is 2. The van der Waals surface area contributed by atoms with E-state index >= 15 is 0 Å². The molecule has 0 saturated carbocycles. The van der Waals surface area contributed by atoms with Gasteiger partial charge in [-0.15, -0.1) is 0 Å². The number of para-hydroxylation sites is 1. The van der Waals surface area contributed by atoms with E-state index in [-0.39, 0.29) is 5.41 Å². The Morgan fingerprint density at radius 3 is 2.63 bits per heavy atom. The van der Waals surface area contributed by atoms with Crippen molar-refractivity contribution < 1.29 is 8.42 Å². The van der Waals surface area contributed by atoms with Gasteiger partial charge in [0.1, 0.15) is 0 Å². The van der Waals surface area contributed by atoms with Crippen LogP contribution in [0.4, 0.5) is 5.69 Å². The maximum Gasteiger partial charge on any atom is 0.301 e. The Morgan fingerprint density at radius 1 is 1.26 bits per heavy atom. The minimum Gasteiger partial charge on any atom is -0.317 e. The molecule has 0 unspecified atom stereocenters. The molecule has 2 N–H and O–H groups in total. The molecule has 19 heavy (non-hydrogen) atoms. The van der Waals surface area contributed by atoms with Crippen molar-refractivity contribution in [3.63, 3.8) is 0 Å². The summed E-state index contributed by atoms with van der Waals surface area (Å²) in [5.74, 6) is 0. The smallest absolute Gasteiger partial charge is 0.301 e. The molecule has 2 aliphatic heterocycles. The van der Waals surface area contributed by atoms with Crippen molar-refractivity contribution >= 4 is 15.9 Å². The van der Waals surface area contributed by atoms with Gasteiger partial charge in [-0.1, -0.05) is 18.2 Å². The van der Waals surface area contributed by atoms with Crippen LogP contribution >= 0.6 is 0 Å². The van der Waals surface area contributed by atoms with Crippen LogP contribution in [0.3, 0.4) is 0 Å². The van der Waals surface area contributed by atoms with Gasteiger partial charge in [-0.05, 0) is 37.6 Å². The fourth-order valence-electron chi connectivity index (χ4n) is 3.24. The highest BCUT2D eigenvalue weighted by atomic mass is 32.2. The van der Waals surface area contributed by atoms with E-state index in [9.17, 15) is 8.42 Å². The van der Waals surface area contributed by atoms with Crippen LogP contribution in [0.1, 0.15) is 18.4 Å². The zero-order valence-electron chi connectivity index (χ0n) is 11.0. The molecule has 1 spiro atoms. The highest BCUT2D eigenvalue weighted by Gasteiger charge is 2.46. The lowest BCUT2D eigenvalue weighted by Gasteiger charge is -2.34. The molecule has 0 bridgehead atoms. The quantitative estimate of drug-likeness (QED) is 0.834. The lowest BCUT2D eigenvalue weighted by Crippen LogP contribution is -2.46. The summed E-state index contributed by atoms with van der Waals surface area (Å²) in [4.78, 5) is 0. The first-order chi connectivity index (χ1) is 9.09. The minimum atomic E-state index is -3.42. The highest BCUT2D eigenvalue weighted by molar-refractivity contribution is 7.90. The molecule has 0 amide bonds. The lowest BCUT2D eigenvalue weighted by molar-refractivity contribution is 0.330. The second-order valence-electron chi connectivity index (χ2n) is 5.26. The maximum absolute atomic E-state index is 12.2. The minimum absolute atomic E-state index is 0.0221. The van der Waals surface area contributed by atoms with E-state index in [1.165, 1.54) is 16.9 Å². The van der Waals surface area contributed by atoms with Crippen LogP contribution in [0.5, 0.6) is 0 Å². The third kappa shape index (κ3) is 1.94. The van der Waals surface area contributed by atoms with Gasteiger partial charge in [0, 0.05) is 19.0 Å². The Balaban J connectivity index is 2.10. The van der Waals surface area contributed by atoms with Crippen molar-refractivity contribution in [3.8, 4) is 0 Å². The fourth-order valence-corrected chi connectivity index (χ4v) is 4.30. The molecule has 0 aliphatic carbocycles. The van der Waals surface area contributed by atoms with E-state index in [0.29, 0.717) is 6.54 Å². The van der Waals surface area contributed by atoms with Gasteiger partial charge < -0.3 is 5.32 Å². The zero-order chi connectivity index (χ0) is 13.5. The van der Waals surface area contributed by atoms with E-state index in [1.807, 2.05) is 18.2 Å². The third-order valence-corrected chi connectivity index (χ3v) is 5.72. The number of hydrogen-bond acceptors (Lipinski definition) is 3. The van der Waals surface area contributed by atoms with Crippen molar-refractivity contribution in [2.24, 2.45) is 0 Å². The van der Waals surface area contributed by atoms with Crippen LogP contribution < -0.4 is 14.3 Å². The summed E-state index contributed by atoms with van der Waals surface area (Å²) < 4.78 is 28.3. The molecule has 0 aromatic heterocycles. The first kappa shape index (κ1) is 12.9. The Morgan fingerprint density at radius 2 is 1.95 bits per heavy atom. The van der Waals surface area contributed by atoms with Crippen LogP contribution in [0, 0.1) is 0 Å². The Kier molecular flexibility index (Phi) is 3.03. The average molecular weight is 281 g/mol. The predicted octanol–water partition coefficient (Wildman–Crippen LogP) is 0.592. The summed E-state index contributed by atoms with van der Waals surface area (Å²) >= 11 is 0. The van der Waals surface area contributed by atoms with Crippen LogP contribution in [-0.2, 0) is 15.6 Å². The second kappa shape index (κ2) is 4.47. The molecule has 1 aromatic carbocycles. The molecule has 2 aliphatic rings. The topological polar surface area (TPSA) is 61.4 Å². The van der Waals surface area contributed by atoms with E-state index in [1.54, 1.807) is 0 Å². The van der Waals surface area contributed by atoms with E-state index in [2.05, 4.69) is 16.1 Å². The van der Waals surface area contributed by atoms with Crippen molar-refractivity contribution in [2.45, 2.75) is 18.3 Å². The standard InChI is InChI=1S/C13H19N3O2S/c1-14-19(17,18)16-10-13(6-8-15-9-7-13)11-4-2-3-5-12(11)16/h2-5,14-15H,6-10H2,1H3. The number of nitrogens with one attached hydrogen (secondary N) is 2. The summed E-state index contributed by atoms with van der Waals surface area (Å²) in [7, 11) is -1.96. The van der Waals surface area contributed by atoms with E-state index < -0.39 is 10.2 Å². The van der Waals surface area contributed by atoms with Gasteiger partial charge in [-0.25, -0.2) is 4.72 Å². The normalized spacial score (nSPS) is 21.6. The average Bonchev–Trinajstić information content (AvgIpc) is 2.76. The van der Waals surface area contributed by atoms with E-state index in [0.717, 1.165) is 31.6 Å². The third-order valence-electron chi connectivity index (χ3n) is 4.30. The van der Waals surface area contributed by atoms with Crippen LogP contribution in [0.2, 0.25) is 0 Å². The van der Waals surface area contributed by atoms with E-state index in [4.69, 9.17) is 0 Å². The molecule has 1 saturated heterocycles. The Bertz CT molecular complexity index is 579. The number of nitrogens with zero attached hydrogens (tertiary/aromatic N) is 1. The Hall–Kier alpha value is -1.11. The van der Waals surface area contributed by atoms with Gasteiger partial charge >= 0.3 is 10.2 Å². The summed E-state index contributed by atoms with van der Waals surface area (Å²) in [6.07, 6.45) is 1.97. The first-order valence-corrected chi connectivity index (χ1v) is 8.05. The first-order valence-electron chi connectivity index (χ1n) is 6.60. The highest BCUT2D eigenvalue weighted by Crippen LogP contribution is 2.46. The molecule has 3 rings (SSSR count). The van der Waals surface area contributed by atoms with Gasteiger partial charge in [0.15, 0.2) is 0 Å². The molecule has 1 fully saturated rings. The SMILES string of the molecule is CNS(=O)(=O)N1CC2(CCNCC2)c2ccccc21. The van der Waals surface area contributed by atoms with Gasteiger partial charge in [-0.3, -0.25) is 4.31 Å². The molecule has 5 nitrogen and oxygen atoms in total. The number of piperidine rings is 1. The summed E-state index contributed by atoms with van der Waals surface area (Å²) in [6.45, 7) is 2.45. The molecule has 0 radical (unpaired) electrons. The summed E-state index contributed by atoms with van der Waals surface area (Å²) in [5.41, 5.74) is 1.99.